The Labute approximate surface area is 166 Å². The first-order valence-corrected chi connectivity index (χ1v) is 10.4. The smallest absolute Gasteiger partial charge is 0.260 e. The number of carbonyl (C=O) groups excluding carboxylic acids is 2. The summed E-state index contributed by atoms with van der Waals surface area (Å²) in [5.74, 6) is 1.07. The largest absolute Gasteiger partial charge is 0.484 e. The quantitative estimate of drug-likeness (QED) is 0.816. The highest BCUT2D eigenvalue weighted by Gasteiger charge is 2.30. The van der Waals surface area contributed by atoms with Gasteiger partial charge in [-0.3, -0.25) is 9.59 Å². The Kier molecular flexibility index (Phi) is 5.79. The summed E-state index contributed by atoms with van der Waals surface area (Å²) in [6.07, 6.45) is 4.99. The molecule has 0 saturated carbocycles. The number of rotatable bonds is 4. The molecule has 2 aliphatic heterocycles. The predicted molar refractivity (Wildman–Crippen MR) is 109 cm³/mol. The SMILES string of the molecule is O=C(COc1ccc2ccccc2c1)N1CCC(C(=O)N2CCCCC2)CC1. The normalized spacial score (nSPS) is 18.3. The van der Waals surface area contributed by atoms with Crippen LogP contribution in [-0.2, 0) is 9.59 Å². The summed E-state index contributed by atoms with van der Waals surface area (Å²) in [6, 6.07) is 14.0. The molecule has 0 radical (unpaired) electrons. The Hall–Kier alpha value is -2.56. The maximum absolute atomic E-state index is 12.6. The van der Waals surface area contributed by atoms with Crippen LogP contribution in [0.5, 0.6) is 5.75 Å². The molecule has 2 aromatic carbocycles. The van der Waals surface area contributed by atoms with Gasteiger partial charge in [-0.15, -0.1) is 0 Å². The van der Waals surface area contributed by atoms with Gasteiger partial charge in [-0.25, -0.2) is 0 Å². The summed E-state index contributed by atoms with van der Waals surface area (Å²) >= 11 is 0. The van der Waals surface area contributed by atoms with Crippen LogP contribution in [0.4, 0.5) is 0 Å². The van der Waals surface area contributed by atoms with Crippen molar-refractivity contribution in [1.82, 2.24) is 9.80 Å². The lowest BCUT2D eigenvalue weighted by Gasteiger charge is -2.35. The maximum atomic E-state index is 12.6. The van der Waals surface area contributed by atoms with E-state index in [1.54, 1.807) is 0 Å². The van der Waals surface area contributed by atoms with Gasteiger partial charge >= 0.3 is 0 Å². The van der Waals surface area contributed by atoms with Gasteiger partial charge < -0.3 is 14.5 Å². The van der Waals surface area contributed by atoms with E-state index in [9.17, 15) is 9.59 Å². The zero-order valence-corrected chi connectivity index (χ0v) is 16.3. The molecule has 2 amide bonds. The molecule has 0 N–H and O–H groups in total. The van der Waals surface area contributed by atoms with Gasteiger partial charge in [0.25, 0.3) is 5.91 Å². The van der Waals surface area contributed by atoms with Gasteiger partial charge in [0.1, 0.15) is 5.75 Å². The summed E-state index contributed by atoms with van der Waals surface area (Å²) in [6.45, 7) is 3.13. The van der Waals surface area contributed by atoms with Crippen molar-refractivity contribution in [1.29, 1.82) is 0 Å². The fourth-order valence-electron chi connectivity index (χ4n) is 4.24. The van der Waals surface area contributed by atoms with Crippen molar-refractivity contribution in [3.63, 3.8) is 0 Å². The summed E-state index contributed by atoms with van der Waals surface area (Å²) < 4.78 is 5.73. The Bertz CT molecular complexity index is 837. The molecule has 4 rings (SSSR count). The molecular formula is C23H28N2O3. The molecule has 0 bridgehead atoms. The highest BCUT2D eigenvalue weighted by Crippen LogP contribution is 2.23. The van der Waals surface area contributed by atoms with Gasteiger partial charge in [-0.2, -0.15) is 0 Å². The highest BCUT2D eigenvalue weighted by atomic mass is 16.5. The fourth-order valence-corrected chi connectivity index (χ4v) is 4.24. The number of carbonyl (C=O) groups is 2. The second-order valence-electron chi connectivity index (χ2n) is 7.84. The summed E-state index contributed by atoms with van der Waals surface area (Å²) in [7, 11) is 0. The Balaban J connectivity index is 1.26. The van der Waals surface area contributed by atoms with Gasteiger partial charge in [-0.05, 0) is 55.0 Å². The molecule has 2 aromatic rings. The van der Waals surface area contributed by atoms with Gasteiger partial charge in [0, 0.05) is 32.1 Å². The Morgan fingerprint density at radius 3 is 2.32 bits per heavy atom. The minimum atomic E-state index is -0.00275. The standard InChI is InChI=1S/C23H28N2O3/c26-22(17-28-21-9-8-18-6-2-3-7-20(18)16-21)24-14-10-19(11-15-24)23(27)25-12-4-1-5-13-25/h2-3,6-9,16,19H,1,4-5,10-15,17H2. The summed E-state index contributed by atoms with van der Waals surface area (Å²) in [5.41, 5.74) is 0. The van der Waals surface area contributed by atoms with Crippen LogP contribution in [0, 0.1) is 5.92 Å². The van der Waals surface area contributed by atoms with Crippen molar-refractivity contribution in [2.45, 2.75) is 32.1 Å². The molecule has 5 nitrogen and oxygen atoms in total. The van der Waals surface area contributed by atoms with Crippen molar-refractivity contribution in [2.24, 2.45) is 5.92 Å². The van der Waals surface area contributed by atoms with E-state index < -0.39 is 0 Å². The lowest BCUT2D eigenvalue weighted by Crippen LogP contribution is -2.46. The number of ether oxygens (including phenoxy) is 1. The first-order valence-electron chi connectivity index (χ1n) is 10.4. The fraction of sp³-hybridized carbons (Fsp3) is 0.478. The molecule has 2 saturated heterocycles. The average molecular weight is 380 g/mol. The monoisotopic (exact) mass is 380 g/mol. The van der Waals surface area contributed by atoms with Crippen LogP contribution < -0.4 is 4.74 Å². The number of hydrogen-bond donors (Lipinski definition) is 0. The lowest BCUT2D eigenvalue weighted by molar-refractivity contribution is -0.142. The van der Waals surface area contributed by atoms with E-state index in [1.807, 2.05) is 46.2 Å². The first-order chi connectivity index (χ1) is 13.7. The third-order valence-electron chi connectivity index (χ3n) is 5.95. The number of benzene rings is 2. The number of hydrogen-bond acceptors (Lipinski definition) is 3. The van der Waals surface area contributed by atoms with E-state index in [2.05, 4.69) is 6.07 Å². The number of nitrogens with zero attached hydrogens (tertiary/aromatic N) is 2. The van der Waals surface area contributed by atoms with Crippen LogP contribution in [0.1, 0.15) is 32.1 Å². The zero-order valence-electron chi connectivity index (χ0n) is 16.3. The lowest BCUT2D eigenvalue weighted by atomic mass is 9.94. The predicted octanol–water partition coefficient (Wildman–Crippen LogP) is 3.47. The zero-order chi connectivity index (χ0) is 19.3. The van der Waals surface area contributed by atoms with E-state index in [0.717, 1.165) is 49.5 Å². The summed E-state index contributed by atoms with van der Waals surface area (Å²) in [4.78, 5) is 29.0. The van der Waals surface area contributed by atoms with Crippen LogP contribution in [-0.4, -0.2) is 54.4 Å². The third kappa shape index (κ3) is 4.29. The van der Waals surface area contributed by atoms with Crippen molar-refractivity contribution >= 4 is 22.6 Å². The van der Waals surface area contributed by atoms with Crippen LogP contribution in [0.15, 0.2) is 42.5 Å². The van der Waals surface area contributed by atoms with E-state index in [1.165, 1.54) is 6.42 Å². The molecule has 148 valence electrons. The molecule has 5 heteroatoms. The molecular weight excluding hydrogens is 352 g/mol. The second kappa shape index (κ2) is 8.63. The van der Waals surface area contributed by atoms with Crippen LogP contribution in [0.3, 0.4) is 0 Å². The van der Waals surface area contributed by atoms with Crippen molar-refractivity contribution < 1.29 is 14.3 Å². The Morgan fingerprint density at radius 2 is 1.57 bits per heavy atom. The number of fused-ring (bicyclic) bond motifs is 1. The molecule has 0 unspecified atom stereocenters. The van der Waals surface area contributed by atoms with Crippen molar-refractivity contribution in [3.05, 3.63) is 42.5 Å². The first kappa shape index (κ1) is 18.8. The molecule has 2 heterocycles. The molecule has 2 fully saturated rings. The van der Waals surface area contributed by atoms with Gasteiger partial charge in [0.05, 0.1) is 0 Å². The van der Waals surface area contributed by atoms with Crippen molar-refractivity contribution in [2.75, 3.05) is 32.8 Å². The van der Waals surface area contributed by atoms with Crippen molar-refractivity contribution in [3.8, 4) is 5.75 Å². The second-order valence-corrected chi connectivity index (χ2v) is 7.84. The Morgan fingerprint density at radius 1 is 0.857 bits per heavy atom. The number of amides is 2. The van der Waals surface area contributed by atoms with Crippen LogP contribution in [0.2, 0.25) is 0 Å². The number of likely N-dealkylation sites (tertiary alicyclic amines) is 2. The topological polar surface area (TPSA) is 49.9 Å². The molecule has 0 spiro atoms. The maximum Gasteiger partial charge on any atom is 0.260 e. The van der Waals surface area contributed by atoms with E-state index in [0.29, 0.717) is 24.7 Å². The van der Waals surface area contributed by atoms with E-state index in [4.69, 9.17) is 4.74 Å². The van der Waals surface area contributed by atoms with Crippen LogP contribution in [0.25, 0.3) is 10.8 Å². The van der Waals surface area contributed by atoms with Gasteiger partial charge in [0.2, 0.25) is 5.91 Å². The highest BCUT2D eigenvalue weighted by molar-refractivity contribution is 5.84. The number of piperidine rings is 2. The molecule has 0 atom stereocenters. The summed E-state index contributed by atoms with van der Waals surface area (Å²) in [5, 5.41) is 2.26. The van der Waals surface area contributed by atoms with Gasteiger partial charge in [-0.1, -0.05) is 30.3 Å². The molecule has 2 aliphatic rings. The van der Waals surface area contributed by atoms with Crippen LogP contribution >= 0.6 is 0 Å². The minimum Gasteiger partial charge on any atom is -0.484 e. The molecule has 0 aromatic heterocycles. The van der Waals surface area contributed by atoms with Gasteiger partial charge in [0.15, 0.2) is 6.61 Å². The van der Waals surface area contributed by atoms with E-state index in [-0.39, 0.29) is 18.4 Å². The van der Waals surface area contributed by atoms with E-state index >= 15 is 0 Å². The minimum absolute atomic E-state index is 0.00275. The molecule has 0 aliphatic carbocycles. The molecule has 28 heavy (non-hydrogen) atoms. The third-order valence-corrected chi connectivity index (χ3v) is 5.95. The average Bonchev–Trinajstić information content (AvgIpc) is 2.77.